The first-order valence-electron chi connectivity index (χ1n) is 20.0. The first-order chi connectivity index (χ1) is 24.2. The number of piperidine rings is 1. The van der Waals surface area contributed by atoms with Crippen molar-refractivity contribution >= 4 is 0 Å². The Balaban J connectivity index is 0.915. The number of rotatable bonds is 5. The molecule has 0 amide bonds. The van der Waals surface area contributed by atoms with Crippen LogP contribution in [0.3, 0.4) is 0 Å². The minimum Gasteiger partial charge on any atom is -0.394 e. The molecule has 8 aliphatic rings. The standard InChI is InChI=1S/C39H63NO11/c1-18-8-13-39(40-16-18)19(2)28-26(51-39)15-25-23-7-6-21-14-22(9-11-37(21,4)24(23)10-12-38(25,28)5)48-36-33(46)31(44)34(27(17-41)49-36)50-35-32(45)30(43)29(42)20(3)47-35/h6,18-20,22-36,40-46H,7-17H2,1-5H3/t18?,19?,20?,22?,23-,24-,25+,26+,27?,28-,29?,30?,31?,32?,33?,34?,35?,36?,37+,38+,39-/m1/s1. The van der Waals surface area contributed by atoms with Gasteiger partial charge in [-0.15, -0.1) is 0 Å². The molecule has 7 fully saturated rings. The van der Waals surface area contributed by atoms with Crippen LogP contribution in [0.2, 0.25) is 0 Å². The van der Waals surface area contributed by atoms with Crippen LogP contribution in [0.5, 0.6) is 0 Å². The summed E-state index contributed by atoms with van der Waals surface area (Å²) in [7, 11) is 0. The van der Waals surface area contributed by atoms with Gasteiger partial charge in [0.25, 0.3) is 0 Å². The number of nitrogens with one attached hydrogen (secondary N) is 1. The van der Waals surface area contributed by atoms with Gasteiger partial charge in [-0.05, 0) is 105 Å². The van der Waals surface area contributed by atoms with E-state index in [-0.39, 0.29) is 17.2 Å². The van der Waals surface area contributed by atoms with Crippen LogP contribution in [0, 0.1) is 46.3 Å². The lowest BCUT2D eigenvalue weighted by Gasteiger charge is -2.59. The molecule has 3 saturated carbocycles. The van der Waals surface area contributed by atoms with Gasteiger partial charge in [0.2, 0.25) is 0 Å². The normalized spacial score (nSPS) is 58.4. The van der Waals surface area contributed by atoms with Gasteiger partial charge in [-0.25, -0.2) is 0 Å². The van der Waals surface area contributed by atoms with Crippen molar-refractivity contribution in [2.75, 3.05) is 13.2 Å². The predicted molar refractivity (Wildman–Crippen MR) is 184 cm³/mol. The maximum absolute atomic E-state index is 11.1. The highest BCUT2D eigenvalue weighted by Gasteiger charge is 2.68. The lowest BCUT2D eigenvalue weighted by atomic mass is 9.47. The van der Waals surface area contributed by atoms with E-state index >= 15 is 0 Å². The van der Waals surface area contributed by atoms with Crippen LogP contribution in [0.15, 0.2) is 11.6 Å². The van der Waals surface area contributed by atoms with Gasteiger partial charge in [0.1, 0.15) is 48.5 Å². The highest BCUT2D eigenvalue weighted by atomic mass is 16.7. The van der Waals surface area contributed by atoms with Crippen molar-refractivity contribution in [2.45, 2.75) is 172 Å². The molecule has 0 radical (unpaired) electrons. The number of allylic oxidation sites excluding steroid dienone is 1. The van der Waals surface area contributed by atoms with Gasteiger partial charge in [-0.1, -0.05) is 39.3 Å². The van der Waals surface area contributed by atoms with Crippen LogP contribution in [-0.2, 0) is 23.7 Å². The number of aliphatic hydroxyl groups is 6. The zero-order chi connectivity index (χ0) is 36.2. The molecule has 21 atom stereocenters. The van der Waals surface area contributed by atoms with E-state index in [4.69, 9.17) is 23.7 Å². The van der Waals surface area contributed by atoms with Crippen molar-refractivity contribution in [2.24, 2.45) is 46.3 Å². The van der Waals surface area contributed by atoms with E-state index in [0.717, 1.165) is 38.6 Å². The third-order valence-corrected chi connectivity index (χ3v) is 15.8. The second-order valence-corrected chi connectivity index (χ2v) is 18.4. The van der Waals surface area contributed by atoms with Crippen LogP contribution < -0.4 is 5.32 Å². The fourth-order valence-corrected chi connectivity index (χ4v) is 12.7. The Labute approximate surface area is 302 Å². The first-order valence-corrected chi connectivity index (χ1v) is 20.0. The molecule has 1 spiro atoms. The first kappa shape index (κ1) is 37.2. The average molecular weight is 722 g/mol. The maximum atomic E-state index is 11.1. The van der Waals surface area contributed by atoms with Gasteiger partial charge in [0.15, 0.2) is 12.6 Å². The minimum absolute atomic E-state index is 0.0881. The lowest BCUT2D eigenvalue weighted by Crippen LogP contribution is -2.64. The third-order valence-electron chi connectivity index (χ3n) is 15.8. The number of hydrogen-bond donors (Lipinski definition) is 7. The van der Waals surface area contributed by atoms with E-state index in [0.29, 0.717) is 47.0 Å². The number of hydrogen-bond acceptors (Lipinski definition) is 12. The summed E-state index contributed by atoms with van der Waals surface area (Å²) in [5.41, 5.74) is 1.66. The maximum Gasteiger partial charge on any atom is 0.187 e. The van der Waals surface area contributed by atoms with Crippen LogP contribution in [0.25, 0.3) is 0 Å². The summed E-state index contributed by atoms with van der Waals surface area (Å²) in [4.78, 5) is 0. The molecular weight excluding hydrogens is 658 g/mol. The Hall–Kier alpha value is -0.740. The van der Waals surface area contributed by atoms with Gasteiger partial charge >= 0.3 is 0 Å². The van der Waals surface area contributed by atoms with E-state index in [1.54, 1.807) is 0 Å². The molecule has 4 heterocycles. The molecule has 0 aromatic rings. The third kappa shape index (κ3) is 5.84. The Bertz CT molecular complexity index is 1310. The van der Waals surface area contributed by atoms with E-state index in [1.807, 2.05) is 0 Å². The van der Waals surface area contributed by atoms with E-state index in [1.165, 1.54) is 38.2 Å². The van der Waals surface area contributed by atoms with E-state index in [2.05, 4.69) is 39.1 Å². The molecule has 7 N–H and O–H groups in total. The second-order valence-electron chi connectivity index (χ2n) is 18.4. The Kier molecular flexibility index (Phi) is 9.83. The van der Waals surface area contributed by atoms with Crippen molar-refractivity contribution < 1.29 is 54.3 Å². The number of ether oxygens (including phenoxy) is 5. The quantitative estimate of drug-likeness (QED) is 0.206. The predicted octanol–water partition coefficient (Wildman–Crippen LogP) is 1.96. The van der Waals surface area contributed by atoms with Crippen LogP contribution in [0.1, 0.15) is 92.4 Å². The Morgan fingerprint density at radius 1 is 0.843 bits per heavy atom. The summed E-state index contributed by atoms with van der Waals surface area (Å²) in [5, 5.41) is 67.0. The van der Waals surface area contributed by atoms with Crippen molar-refractivity contribution in [3.8, 4) is 0 Å². The summed E-state index contributed by atoms with van der Waals surface area (Å²) < 4.78 is 30.7. The van der Waals surface area contributed by atoms with Crippen molar-refractivity contribution in [1.29, 1.82) is 0 Å². The molecule has 4 aliphatic heterocycles. The van der Waals surface area contributed by atoms with Gasteiger partial charge < -0.3 is 54.3 Å². The van der Waals surface area contributed by atoms with Crippen molar-refractivity contribution in [3.05, 3.63) is 11.6 Å². The fraction of sp³-hybridized carbons (Fsp3) is 0.949. The summed E-state index contributed by atoms with van der Waals surface area (Å²) in [5.74, 6) is 3.74. The second kappa shape index (κ2) is 13.5. The van der Waals surface area contributed by atoms with E-state index in [9.17, 15) is 30.6 Å². The topological polar surface area (TPSA) is 180 Å². The molecule has 51 heavy (non-hydrogen) atoms. The molecule has 8 rings (SSSR count). The Morgan fingerprint density at radius 2 is 1.59 bits per heavy atom. The minimum atomic E-state index is -1.60. The zero-order valence-corrected chi connectivity index (χ0v) is 31.0. The smallest absolute Gasteiger partial charge is 0.187 e. The molecule has 12 nitrogen and oxygen atoms in total. The SMILES string of the molecule is CC1CC[C@@]2(NC1)O[C@H]1C[C@H]3[C@@H]4CC=C5CC(OC6OC(CO)C(OC7OC(C)C(O)C(O)C7O)C(O)C6O)CC[C@]5(C)[C@@H]4CC[C@]3(C)[C@@H]1C2C. The van der Waals surface area contributed by atoms with Gasteiger partial charge in [0, 0.05) is 12.5 Å². The van der Waals surface area contributed by atoms with Crippen LogP contribution in [0.4, 0.5) is 0 Å². The molecule has 4 saturated heterocycles. The van der Waals surface area contributed by atoms with E-state index < -0.39 is 68.0 Å². The molecule has 0 bridgehead atoms. The van der Waals surface area contributed by atoms with Gasteiger partial charge in [0.05, 0.1) is 24.9 Å². The highest BCUT2D eigenvalue weighted by molar-refractivity contribution is 5.26. The fourth-order valence-electron chi connectivity index (χ4n) is 12.7. The van der Waals surface area contributed by atoms with Crippen molar-refractivity contribution in [3.63, 3.8) is 0 Å². The Morgan fingerprint density at radius 3 is 2.31 bits per heavy atom. The molecule has 0 aromatic carbocycles. The van der Waals surface area contributed by atoms with Crippen molar-refractivity contribution in [1.82, 2.24) is 5.32 Å². The summed E-state index contributed by atoms with van der Waals surface area (Å²) in [6.07, 6.45) is -1.11. The molecule has 290 valence electrons. The van der Waals surface area contributed by atoms with Gasteiger partial charge in [-0.3, -0.25) is 5.32 Å². The molecule has 13 unspecified atom stereocenters. The molecular formula is C39H63NO11. The lowest BCUT2D eigenvalue weighted by molar-refractivity contribution is -0.360. The summed E-state index contributed by atoms with van der Waals surface area (Å²) in [6.45, 7) is 11.9. The monoisotopic (exact) mass is 721 g/mol. The molecule has 4 aliphatic carbocycles. The summed E-state index contributed by atoms with van der Waals surface area (Å²) >= 11 is 0. The summed E-state index contributed by atoms with van der Waals surface area (Å²) in [6, 6.07) is 0. The number of fused-ring (bicyclic) bond motifs is 7. The number of aliphatic hydroxyl groups excluding tert-OH is 6. The van der Waals surface area contributed by atoms with Crippen LogP contribution in [-0.4, -0.2) is 123 Å². The molecule has 0 aromatic heterocycles. The highest BCUT2D eigenvalue weighted by Crippen LogP contribution is 2.70. The largest absolute Gasteiger partial charge is 0.394 e. The zero-order valence-electron chi connectivity index (χ0n) is 31.0. The van der Waals surface area contributed by atoms with Crippen LogP contribution >= 0.6 is 0 Å². The molecule has 12 heteroatoms. The average Bonchev–Trinajstić information content (AvgIpc) is 3.56. The van der Waals surface area contributed by atoms with Gasteiger partial charge in [-0.2, -0.15) is 0 Å².